The molecule has 4 heteroatoms. The van der Waals surface area contributed by atoms with Gasteiger partial charge in [0.15, 0.2) is 0 Å². The van der Waals surface area contributed by atoms with Crippen LogP contribution in [0.4, 0.5) is 0 Å². The van der Waals surface area contributed by atoms with E-state index in [-0.39, 0.29) is 12.0 Å². The number of nitrogens with zero attached hydrogens (tertiary/aromatic N) is 1. The number of carbonyl (C=O) groups is 1. The average Bonchev–Trinajstić information content (AvgIpc) is 2.80. The van der Waals surface area contributed by atoms with Gasteiger partial charge in [-0.3, -0.25) is 4.79 Å². The highest BCUT2D eigenvalue weighted by Crippen LogP contribution is 2.19. The Labute approximate surface area is 114 Å². The normalized spacial score (nSPS) is 18.7. The van der Waals surface area contributed by atoms with Crippen LogP contribution in [0.15, 0.2) is 18.2 Å². The molecule has 19 heavy (non-hydrogen) atoms. The summed E-state index contributed by atoms with van der Waals surface area (Å²) in [5, 5.41) is 9.39. The van der Waals surface area contributed by atoms with Crippen LogP contribution in [0, 0.1) is 13.8 Å². The van der Waals surface area contributed by atoms with Crippen molar-refractivity contribution in [1.82, 2.24) is 4.90 Å². The zero-order chi connectivity index (χ0) is 13.8. The van der Waals surface area contributed by atoms with E-state index in [1.807, 2.05) is 32.0 Å². The van der Waals surface area contributed by atoms with Gasteiger partial charge in [-0.05, 0) is 37.5 Å². The summed E-state index contributed by atoms with van der Waals surface area (Å²) in [5.74, 6) is 0.899. The van der Waals surface area contributed by atoms with Gasteiger partial charge in [-0.2, -0.15) is 0 Å². The standard InChI is InChI=1S/C15H21NO3/c1-11-3-4-12(2)14(9-11)19-8-6-15(18)16-7-5-13(17)10-16/h3-4,9,13,17H,5-8,10H2,1-2H3/t13-/m0/s1. The molecule has 4 nitrogen and oxygen atoms in total. The van der Waals surface area contributed by atoms with Gasteiger partial charge in [-0.1, -0.05) is 12.1 Å². The molecule has 1 N–H and O–H groups in total. The molecular formula is C15H21NO3. The van der Waals surface area contributed by atoms with Gasteiger partial charge in [-0.25, -0.2) is 0 Å². The average molecular weight is 263 g/mol. The molecular weight excluding hydrogens is 242 g/mol. The molecule has 0 aromatic heterocycles. The van der Waals surface area contributed by atoms with Crippen molar-refractivity contribution in [3.8, 4) is 5.75 Å². The summed E-state index contributed by atoms with van der Waals surface area (Å²) >= 11 is 0. The highest BCUT2D eigenvalue weighted by Gasteiger charge is 2.24. The van der Waals surface area contributed by atoms with Gasteiger partial charge in [0.1, 0.15) is 5.75 Å². The Kier molecular flexibility index (Phi) is 4.43. The van der Waals surface area contributed by atoms with Crippen LogP contribution >= 0.6 is 0 Å². The maximum absolute atomic E-state index is 11.9. The van der Waals surface area contributed by atoms with Crippen LogP contribution in [0.25, 0.3) is 0 Å². The molecule has 1 aliphatic heterocycles. The molecule has 1 heterocycles. The molecule has 2 rings (SSSR count). The monoisotopic (exact) mass is 263 g/mol. The van der Waals surface area contributed by atoms with Crippen LogP contribution in [0.5, 0.6) is 5.75 Å². The fourth-order valence-electron chi connectivity index (χ4n) is 2.24. The third-order valence-electron chi connectivity index (χ3n) is 3.43. The first-order chi connectivity index (χ1) is 9.06. The molecule has 1 saturated heterocycles. The molecule has 1 aliphatic rings. The molecule has 0 spiro atoms. The van der Waals surface area contributed by atoms with Crippen LogP contribution in [-0.4, -0.2) is 41.7 Å². The molecule has 0 saturated carbocycles. The number of ether oxygens (including phenoxy) is 1. The summed E-state index contributed by atoms with van der Waals surface area (Å²) < 4.78 is 5.66. The summed E-state index contributed by atoms with van der Waals surface area (Å²) in [6.07, 6.45) is 0.688. The summed E-state index contributed by atoms with van der Waals surface area (Å²) in [7, 11) is 0. The second-order valence-corrected chi connectivity index (χ2v) is 5.15. The van der Waals surface area contributed by atoms with Gasteiger partial charge in [-0.15, -0.1) is 0 Å². The van der Waals surface area contributed by atoms with E-state index < -0.39 is 0 Å². The number of amides is 1. The van der Waals surface area contributed by atoms with Gasteiger partial charge in [0, 0.05) is 13.1 Å². The van der Waals surface area contributed by atoms with Crippen LogP contribution in [0.3, 0.4) is 0 Å². The summed E-state index contributed by atoms with van der Waals surface area (Å²) in [6, 6.07) is 6.04. The van der Waals surface area contributed by atoms with E-state index in [1.54, 1.807) is 4.90 Å². The number of aliphatic hydroxyl groups is 1. The predicted molar refractivity (Wildman–Crippen MR) is 73.2 cm³/mol. The molecule has 1 fully saturated rings. The smallest absolute Gasteiger partial charge is 0.226 e. The SMILES string of the molecule is Cc1ccc(C)c(OCCC(=O)N2CC[C@H](O)C2)c1. The first-order valence-corrected chi connectivity index (χ1v) is 6.72. The van der Waals surface area contributed by atoms with Gasteiger partial charge in [0.2, 0.25) is 5.91 Å². The van der Waals surface area contributed by atoms with Crippen molar-refractivity contribution in [2.75, 3.05) is 19.7 Å². The molecule has 104 valence electrons. The Morgan fingerprint density at radius 1 is 1.47 bits per heavy atom. The van der Waals surface area contributed by atoms with E-state index in [2.05, 4.69) is 0 Å². The number of benzene rings is 1. The van der Waals surface area contributed by atoms with Gasteiger partial charge < -0.3 is 14.7 Å². The van der Waals surface area contributed by atoms with E-state index in [9.17, 15) is 9.90 Å². The summed E-state index contributed by atoms with van der Waals surface area (Å²) in [5.41, 5.74) is 2.23. The minimum absolute atomic E-state index is 0.0573. The number of hydrogen-bond acceptors (Lipinski definition) is 3. The van der Waals surface area contributed by atoms with Crippen molar-refractivity contribution in [2.24, 2.45) is 0 Å². The molecule has 1 aromatic carbocycles. The van der Waals surface area contributed by atoms with Gasteiger partial charge in [0.25, 0.3) is 0 Å². The zero-order valence-corrected chi connectivity index (χ0v) is 11.6. The molecule has 0 bridgehead atoms. The maximum Gasteiger partial charge on any atom is 0.226 e. The fourth-order valence-corrected chi connectivity index (χ4v) is 2.24. The van der Waals surface area contributed by atoms with Crippen LogP contribution in [0.2, 0.25) is 0 Å². The van der Waals surface area contributed by atoms with Crippen molar-refractivity contribution in [3.63, 3.8) is 0 Å². The van der Waals surface area contributed by atoms with Crippen molar-refractivity contribution in [3.05, 3.63) is 29.3 Å². The van der Waals surface area contributed by atoms with Crippen LogP contribution < -0.4 is 4.74 Å². The van der Waals surface area contributed by atoms with Crippen molar-refractivity contribution >= 4 is 5.91 Å². The topological polar surface area (TPSA) is 49.8 Å². The second kappa shape index (κ2) is 6.06. The van der Waals surface area contributed by atoms with E-state index in [0.29, 0.717) is 32.5 Å². The molecule has 1 atom stereocenters. The quantitative estimate of drug-likeness (QED) is 0.899. The lowest BCUT2D eigenvalue weighted by atomic mass is 10.1. The van der Waals surface area contributed by atoms with E-state index in [0.717, 1.165) is 16.9 Å². The minimum atomic E-state index is -0.358. The number of likely N-dealkylation sites (tertiary alicyclic amines) is 1. The minimum Gasteiger partial charge on any atom is -0.493 e. The van der Waals surface area contributed by atoms with E-state index in [1.165, 1.54) is 0 Å². The van der Waals surface area contributed by atoms with Crippen molar-refractivity contribution in [2.45, 2.75) is 32.8 Å². The lowest BCUT2D eigenvalue weighted by molar-refractivity contribution is -0.131. The molecule has 0 unspecified atom stereocenters. The van der Waals surface area contributed by atoms with E-state index in [4.69, 9.17) is 4.74 Å². The molecule has 1 aromatic rings. The summed E-state index contributed by atoms with van der Waals surface area (Å²) in [6.45, 7) is 5.51. The first kappa shape index (κ1) is 13.9. The highest BCUT2D eigenvalue weighted by atomic mass is 16.5. The van der Waals surface area contributed by atoms with Gasteiger partial charge >= 0.3 is 0 Å². The van der Waals surface area contributed by atoms with E-state index >= 15 is 0 Å². The third-order valence-corrected chi connectivity index (χ3v) is 3.43. The van der Waals surface area contributed by atoms with Crippen molar-refractivity contribution in [1.29, 1.82) is 0 Å². The zero-order valence-electron chi connectivity index (χ0n) is 11.6. The Morgan fingerprint density at radius 2 is 2.26 bits per heavy atom. The van der Waals surface area contributed by atoms with Gasteiger partial charge in [0.05, 0.1) is 19.1 Å². The fraction of sp³-hybridized carbons (Fsp3) is 0.533. The maximum atomic E-state index is 11.9. The van der Waals surface area contributed by atoms with Crippen LogP contribution in [-0.2, 0) is 4.79 Å². The lowest BCUT2D eigenvalue weighted by Gasteiger charge is -2.16. The molecule has 1 amide bonds. The molecule has 0 aliphatic carbocycles. The Bertz CT molecular complexity index is 459. The largest absolute Gasteiger partial charge is 0.493 e. The first-order valence-electron chi connectivity index (χ1n) is 6.72. The number of rotatable bonds is 4. The lowest BCUT2D eigenvalue weighted by Crippen LogP contribution is -2.30. The van der Waals surface area contributed by atoms with Crippen LogP contribution in [0.1, 0.15) is 24.0 Å². The Balaban J connectivity index is 1.80. The second-order valence-electron chi connectivity index (χ2n) is 5.15. The summed E-state index contributed by atoms with van der Waals surface area (Å²) in [4.78, 5) is 13.6. The number of β-amino-alcohol motifs (C(OH)–C–C–N with tert-alkyl or cyclic N) is 1. The highest BCUT2D eigenvalue weighted by molar-refractivity contribution is 5.76. The third kappa shape index (κ3) is 3.70. The number of carbonyl (C=O) groups excluding carboxylic acids is 1. The molecule has 0 radical (unpaired) electrons. The Morgan fingerprint density at radius 3 is 2.95 bits per heavy atom. The van der Waals surface area contributed by atoms with Crippen molar-refractivity contribution < 1.29 is 14.6 Å². The predicted octanol–water partition coefficient (Wildman–Crippen LogP) is 1.67. The number of aliphatic hydroxyl groups excluding tert-OH is 1. The number of aryl methyl sites for hydroxylation is 2. The Hall–Kier alpha value is -1.55. The number of hydrogen-bond donors (Lipinski definition) is 1.